The van der Waals surface area contributed by atoms with Crippen molar-refractivity contribution in [3.05, 3.63) is 34.5 Å². The number of hydrogen-bond acceptors (Lipinski definition) is 0. The topological polar surface area (TPSA) is 15.8 Å². The van der Waals surface area contributed by atoms with E-state index in [1.807, 2.05) is 25.1 Å². The molecule has 1 aromatic heterocycles. The Bertz CT molecular complexity index is 445. The lowest BCUT2D eigenvalue weighted by atomic mass is 10.1. The molecule has 1 heterocycles. The Kier molecular flexibility index (Phi) is 2.22. The van der Waals surface area contributed by atoms with Gasteiger partial charge in [0.1, 0.15) is 0 Å². The lowest BCUT2D eigenvalue weighted by molar-refractivity contribution is 1.21. The summed E-state index contributed by atoms with van der Waals surface area (Å²) in [4.78, 5) is 3.25. The number of aromatic nitrogens is 1. The second kappa shape index (κ2) is 3.24. The van der Waals surface area contributed by atoms with E-state index in [-0.39, 0.29) is 0 Å². The molecule has 0 aliphatic rings. The maximum atomic E-state index is 5.90. The van der Waals surface area contributed by atoms with Crippen LogP contribution in [0.25, 0.3) is 10.9 Å². The average molecular weight is 214 g/mol. The highest BCUT2D eigenvalue weighted by atomic mass is 35.5. The molecule has 2 rings (SSSR count). The van der Waals surface area contributed by atoms with Gasteiger partial charge in [0.15, 0.2) is 0 Å². The molecular formula is C10H9Cl2N. The van der Waals surface area contributed by atoms with Crippen LogP contribution in [0.15, 0.2) is 18.2 Å². The Labute approximate surface area is 86.7 Å². The van der Waals surface area contributed by atoms with Gasteiger partial charge in [-0.1, -0.05) is 11.6 Å². The van der Waals surface area contributed by atoms with Crippen LogP contribution in [-0.2, 0) is 5.88 Å². The van der Waals surface area contributed by atoms with Gasteiger partial charge in [-0.05, 0) is 30.7 Å². The van der Waals surface area contributed by atoms with E-state index in [1.54, 1.807) is 0 Å². The molecule has 0 saturated heterocycles. The minimum absolute atomic E-state index is 0.512. The third-order valence-corrected chi connectivity index (χ3v) is 2.76. The minimum atomic E-state index is 0.512. The van der Waals surface area contributed by atoms with Gasteiger partial charge in [0.25, 0.3) is 0 Å². The van der Waals surface area contributed by atoms with Crippen molar-refractivity contribution in [2.75, 3.05) is 0 Å². The van der Waals surface area contributed by atoms with E-state index in [1.165, 1.54) is 5.56 Å². The van der Waals surface area contributed by atoms with E-state index in [9.17, 15) is 0 Å². The highest BCUT2D eigenvalue weighted by Crippen LogP contribution is 2.25. The van der Waals surface area contributed by atoms with Gasteiger partial charge < -0.3 is 4.98 Å². The van der Waals surface area contributed by atoms with Crippen molar-refractivity contribution < 1.29 is 0 Å². The van der Waals surface area contributed by atoms with E-state index >= 15 is 0 Å². The number of aromatic amines is 1. The van der Waals surface area contributed by atoms with Crippen molar-refractivity contribution in [1.29, 1.82) is 0 Å². The molecule has 1 aromatic carbocycles. The first kappa shape index (κ1) is 8.92. The van der Waals surface area contributed by atoms with E-state index < -0.39 is 0 Å². The smallest absolute Gasteiger partial charge is 0.0628 e. The van der Waals surface area contributed by atoms with Crippen molar-refractivity contribution in [1.82, 2.24) is 4.98 Å². The molecule has 0 radical (unpaired) electrons. The molecule has 0 saturated carbocycles. The van der Waals surface area contributed by atoms with Gasteiger partial charge in [0.05, 0.1) is 5.88 Å². The fourth-order valence-electron chi connectivity index (χ4n) is 1.49. The SMILES string of the molecule is Cc1c(CCl)[nH]c2ccc(Cl)cc12. The maximum Gasteiger partial charge on any atom is 0.0628 e. The lowest BCUT2D eigenvalue weighted by Crippen LogP contribution is -1.78. The maximum absolute atomic E-state index is 5.90. The number of nitrogens with one attached hydrogen (secondary N) is 1. The molecule has 0 amide bonds. The van der Waals surface area contributed by atoms with Crippen molar-refractivity contribution >= 4 is 34.1 Å². The third-order valence-electron chi connectivity index (χ3n) is 2.26. The molecule has 0 bridgehead atoms. The summed E-state index contributed by atoms with van der Waals surface area (Å²) < 4.78 is 0. The fraction of sp³-hybridized carbons (Fsp3) is 0.200. The van der Waals surface area contributed by atoms with Crippen LogP contribution in [0.4, 0.5) is 0 Å². The zero-order chi connectivity index (χ0) is 9.42. The summed E-state index contributed by atoms with van der Waals surface area (Å²) in [6.07, 6.45) is 0. The molecule has 1 N–H and O–H groups in total. The zero-order valence-electron chi connectivity index (χ0n) is 7.20. The standard InChI is InChI=1S/C10H9Cl2N/c1-6-8-4-7(12)2-3-9(8)13-10(6)5-11/h2-4,13H,5H2,1H3. The Morgan fingerprint density at radius 2 is 2.15 bits per heavy atom. The van der Waals surface area contributed by atoms with Gasteiger partial charge >= 0.3 is 0 Å². The summed E-state index contributed by atoms with van der Waals surface area (Å²) in [5.74, 6) is 0.512. The van der Waals surface area contributed by atoms with Gasteiger partial charge in [-0.25, -0.2) is 0 Å². The molecule has 0 spiro atoms. The summed E-state index contributed by atoms with van der Waals surface area (Å²) in [5, 5.41) is 1.92. The summed E-state index contributed by atoms with van der Waals surface area (Å²) >= 11 is 11.7. The number of halogens is 2. The molecule has 68 valence electrons. The molecule has 0 aliphatic heterocycles. The van der Waals surface area contributed by atoms with Crippen LogP contribution in [0.1, 0.15) is 11.3 Å². The highest BCUT2D eigenvalue weighted by Gasteiger charge is 2.06. The number of fused-ring (bicyclic) bond motifs is 1. The second-order valence-electron chi connectivity index (χ2n) is 3.05. The zero-order valence-corrected chi connectivity index (χ0v) is 8.71. The summed E-state index contributed by atoms with van der Waals surface area (Å²) in [6.45, 7) is 2.05. The number of benzene rings is 1. The van der Waals surface area contributed by atoms with E-state index in [0.717, 1.165) is 21.6 Å². The number of rotatable bonds is 1. The molecule has 13 heavy (non-hydrogen) atoms. The number of hydrogen-bond donors (Lipinski definition) is 1. The van der Waals surface area contributed by atoms with Crippen LogP contribution in [-0.4, -0.2) is 4.98 Å². The van der Waals surface area contributed by atoms with Crippen LogP contribution in [0.2, 0.25) is 5.02 Å². The summed E-state index contributed by atoms with van der Waals surface area (Å²) in [5.41, 5.74) is 3.35. The summed E-state index contributed by atoms with van der Waals surface area (Å²) in [7, 11) is 0. The first-order valence-corrected chi connectivity index (χ1v) is 4.96. The third kappa shape index (κ3) is 1.43. The van der Waals surface area contributed by atoms with Gasteiger partial charge in [-0.15, -0.1) is 11.6 Å². The monoisotopic (exact) mass is 213 g/mol. The number of alkyl halides is 1. The predicted molar refractivity (Wildman–Crippen MR) is 57.6 cm³/mol. The van der Waals surface area contributed by atoms with Crippen molar-refractivity contribution in [3.63, 3.8) is 0 Å². The van der Waals surface area contributed by atoms with Crippen LogP contribution in [0.5, 0.6) is 0 Å². The molecule has 0 atom stereocenters. The molecule has 3 heteroatoms. The second-order valence-corrected chi connectivity index (χ2v) is 3.76. The minimum Gasteiger partial charge on any atom is -0.357 e. The van der Waals surface area contributed by atoms with E-state index in [2.05, 4.69) is 4.98 Å². The highest BCUT2D eigenvalue weighted by molar-refractivity contribution is 6.31. The van der Waals surface area contributed by atoms with Gasteiger partial charge in [-0.3, -0.25) is 0 Å². The largest absolute Gasteiger partial charge is 0.357 e. The van der Waals surface area contributed by atoms with Crippen molar-refractivity contribution in [3.8, 4) is 0 Å². The van der Waals surface area contributed by atoms with Gasteiger partial charge in [0.2, 0.25) is 0 Å². The fourth-order valence-corrected chi connectivity index (χ4v) is 1.93. The van der Waals surface area contributed by atoms with E-state index in [4.69, 9.17) is 23.2 Å². The van der Waals surface area contributed by atoms with Crippen LogP contribution in [0.3, 0.4) is 0 Å². The van der Waals surface area contributed by atoms with Crippen LogP contribution < -0.4 is 0 Å². The molecule has 0 aliphatic carbocycles. The Morgan fingerprint density at radius 1 is 1.38 bits per heavy atom. The van der Waals surface area contributed by atoms with Gasteiger partial charge in [-0.2, -0.15) is 0 Å². The number of H-pyrrole nitrogens is 1. The number of aryl methyl sites for hydroxylation is 1. The van der Waals surface area contributed by atoms with Crippen molar-refractivity contribution in [2.45, 2.75) is 12.8 Å². The van der Waals surface area contributed by atoms with Crippen LogP contribution >= 0.6 is 23.2 Å². The van der Waals surface area contributed by atoms with E-state index in [0.29, 0.717) is 5.88 Å². The molecule has 1 nitrogen and oxygen atoms in total. The quantitative estimate of drug-likeness (QED) is 0.693. The first-order chi connectivity index (χ1) is 6.22. The average Bonchev–Trinajstić information content (AvgIpc) is 2.44. The normalized spacial score (nSPS) is 11.0. The molecular weight excluding hydrogens is 205 g/mol. The predicted octanol–water partition coefficient (Wildman–Crippen LogP) is 3.87. The molecule has 0 fully saturated rings. The van der Waals surface area contributed by atoms with Crippen molar-refractivity contribution in [2.24, 2.45) is 0 Å². The Hall–Kier alpha value is -0.660. The molecule has 0 unspecified atom stereocenters. The first-order valence-electron chi connectivity index (χ1n) is 4.05. The summed E-state index contributed by atoms with van der Waals surface area (Å²) in [6, 6.07) is 5.80. The van der Waals surface area contributed by atoms with Crippen LogP contribution in [0, 0.1) is 6.92 Å². The Morgan fingerprint density at radius 3 is 2.85 bits per heavy atom. The Balaban J connectivity index is 2.77. The lowest BCUT2D eigenvalue weighted by Gasteiger charge is -1.92. The van der Waals surface area contributed by atoms with Gasteiger partial charge in [0, 0.05) is 21.6 Å². The molecule has 2 aromatic rings.